The summed E-state index contributed by atoms with van der Waals surface area (Å²) in [5, 5.41) is 7.16. The van der Waals surface area contributed by atoms with Crippen LogP contribution in [0.1, 0.15) is 25.0 Å². The molecule has 0 spiro atoms. The molecule has 0 saturated carbocycles. The maximum absolute atomic E-state index is 5.54. The molecule has 0 unspecified atom stereocenters. The highest BCUT2D eigenvalue weighted by Gasteiger charge is 2.37. The molecular weight excluding hydrogens is 1610 g/mol. The van der Waals surface area contributed by atoms with E-state index in [4.69, 9.17) is 39.9 Å². The van der Waals surface area contributed by atoms with Gasteiger partial charge in [-0.05, 0) is 154 Å². The van der Waals surface area contributed by atoms with Gasteiger partial charge >= 0.3 is 0 Å². The highest BCUT2D eigenvalue weighted by Crippen LogP contribution is 2.53. The lowest BCUT2D eigenvalue weighted by atomic mass is 9.82. The van der Waals surface area contributed by atoms with Gasteiger partial charge in [-0.15, -0.1) is 0 Å². The van der Waals surface area contributed by atoms with Gasteiger partial charge in [0.15, 0.2) is 34.9 Å². The molecule has 17 aromatic carbocycles. The molecule has 0 saturated heterocycles. The van der Waals surface area contributed by atoms with Gasteiger partial charge in [0.05, 0.1) is 67.3 Å². The van der Waals surface area contributed by atoms with Crippen molar-refractivity contribution in [2.24, 2.45) is 0 Å². The topological polar surface area (TPSA) is 118 Å². The summed E-state index contributed by atoms with van der Waals surface area (Å²) in [5.41, 5.74) is 32.4. The van der Waals surface area contributed by atoms with E-state index in [2.05, 4.69) is 343 Å². The summed E-state index contributed by atoms with van der Waals surface area (Å²) in [7, 11) is 0. The molecule has 24 aromatic rings. The van der Waals surface area contributed by atoms with Crippen molar-refractivity contribution in [1.82, 2.24) is 53.6 Å². The quantitative estimate of drug-likeness (QED) is 0.0996. The highest BCUT2D eigenvalue weighted by molar-refractivity contribution is 6.20. The predicted octanol–water partition coefficient (Wildman–Crippen LogP) is 30.1. The van der Waals surface area contributed by atoms with Crippen molar-refractivity contribution >= 4 is 65.4 Å². The van der Waals surface area contributed by atoms with Crippen LogP contribution in [0, 0.1) is 0 Å². The van der Waals surface area contributed by atoms with Crippen molar-refractivity contribution < 1.29 is 0 Å². The lowest BCUT2D eigenvalue weighted by molar-refractivity contribution is 0.661. The molecule has 7 aromatic heterocycles. The molecule has 25 rings (SSSR count). The van der Waals surface area contributed by atoms with Gasteiger partial charge in [-0.25, -0.2) is 39.9 Å². The fourth-order valence-electron chi connectivity index (χ4n) is 19.4. The maximum Gasteiger partial charge on any atom is 0.164 e. The minimum atomic E-state index is -0.131. The number of fused-ring (bicyclic) bond motifs is 12. The lowest BCUT2D eigenvalue weighted by Crippen LogP contribution is -2.14. The third-order valence-corrected chi connectivity index (χ3v) is 25.8. The Morgan fingerprint density at radius 1 is 0.167 bits per heavy atom. The van der Waals surface area contributed by atoms with Crippen molar-refractivity contribution in [2.75, 3.05) is 0 Å². The van der Waals surface area contributed by atoms with Crippen molar-refractivity contribution in [3.05, 3.63) is 466 Å². The summed E-state index contributed by atoms with van der Waals surface area (Å²) in [5.74, 6) is 3.63. The summed E-state index contributed by atoms with van der Waals surface area (Å²) in [6, 6.07) is 160. The van der Waals surface area contributed by atoms with Crippen LogP contribution in [0.2, 0.25) is 0 Å². The Morgan fingerprint density at radius 3 is 0.917 bits per heavy atom. The van der Waals surface area contributed by atoms with E-state index in [-0.39, 0.29) is 5.41 Å². The van der Waals surface area contributed by atoms with Gasteiger partial charge in [-0.3, -0.25) is 0 Å². The second kappa shape index (κ2) is 32.7. The Morgan fingerprint density at radius 2 is 0.477 bits per heavy atom. The molecule has 1 aliphatic rings. The summed E-state index contributed by atoms with van der Waals surface area (Å²) in [6.07, 6.45) is 0. The van der Waals surface area contributed by atoms with Crippen LogP contribution in [0.4, 0.5) is 0 Å². The van der Waals surface area contributed by atoms with E-state index in [0.29, 0.717) is 34.9 Å². The highest BCUT2D eigenvalue weighted by atomic mass is 15.1. The standard InChI is InChI=1S/C62H40N6.C59H41N5/c1-6-20-41(21-7-1)53-37-46(38-54(63-53)42-22-8-2-9-23-42)50-36-45(62-65-60(43-24-10-3-11-25-43)64-61(66-62)44-26-12-4-13-27-44)34-35-57(50)68-56-33-19-17-31-49(56)52-39-58-51(40-59(52)68)48-30-16-18-32-55(48)67(58)47-28-14-5-15-29-47;1-59(2)49-29-17-15-27-44(49)46-37-55-47(36-50(46)59)45-28-16-18-30-53(45)64(55)54-32-31-42(58-62-56(40-23-11-5-12-24-40)61-57(63-58)41-25-13-6-14-26-41)33-48(54)52-35-43(38-19-7-3-8-20-38)34-51(60-52)39-21-9-4-10-22-39/h1-40H;3-37H,1-2H3. The van der Waals surface area contributed by atoms with Crippen LogP contribution in [0.25, 0.3) is 229 Å². The van der Waals surface area contributed by atoms with Crippen molar-refractivity contribution in [3.8, 4) is 164 Å². The first-order chi connectivity index (χ1) is 65.2. The molecule has 0 N–H and O–H groups in total. The van der Waals surface area contributed by atoms with Crippen LogP contribution >= 0.6 is 0 Å². The summed E-state index contributed by atoms with van der Waals surface area (Å²) < 4.78 is 7.28. The SMILES string of the molecule is CC1(C)c2ccccc2-c2cc3c(cc21)c1ccccc1n3-c1ccc(-c2nc(-c3ccccc3)nc(-c3ccccc3)n2)cc1-c1cc(-c2ccccc2)cc(-c2ccccc2)n1.c1ccc(-c2cc(-c3cc(-c4nc(-c5ccccc5)nc(-c5ccccc5)n4)ccc3-n3c4ccccc4c4cc5c(cc43)c3ccccc3n5-c3ccccc3)cc(-c3ccccc3)n2)cc1. The number of para-hydroxylation sites is 4. The van der Waals surface area contributed by atoms with Crippen molar-refractivity contribution in [1.29, 1.82) is 0 Å². The van der Waals surface area contributed by atoms with Gasteiger partial charge in [-0.1, -0.05) is 354 Å². The number of pyridine rings is 2. The molecule has 7 heterocycles. The molecular formula is C121H81N11. The fraction of sp³-hybridized carbons (Fsp3) is 0.0248. The van der Waals surface area contributed by atoms with Crippen LogP contribution in [0.5, 0.6) is 0 Å². The normalized spacial score (nSPS) is 12.1. The summed E-state index contributed by atoms with van der Waals surface area (Å²) in [6.45, 7) is 4.70. The first-order valence-electron chi connectivity index (χ1n) is 44.7. The van der Waals surface area contributed by atoms with Crippen LogP contribution in [0.3, 0.4) is 0 Å². The average Bonchev–Trinajstić information content (AvgIpc) is 1.56. The molecule has 1 aliphatic carbocycles. The lowest BCUT2D eigenvalue weighted by Gasteiger charge is -2.21. The van der Waals surface area contributed by atoms with Gasteiger partial charge in [0.1, 0.15) is 0 Å². The number of hydrogen-bond donors (Lipinski definition) is 0. The third kappa shape index (κ3) is 14.0. The van der Waals surface area contributed by atoms with Gasteiger partial charge in [0, 0.05) is 105 Å². The zero-order valence-corrected chi connectivity index (χ0v) is 72.2. The zero-order valence-electron chi connectivity index (χ0n) is 72.2. The Balaban J connectivity index is 0.000000146. The fourth-order valence-corrected chi connectivity index (χ4v) is 19.4. The van der Waals surface area contributed by atoms with Gasteiger partial charge in [0.2, 0.25) is 0 Å². The van der Waals surface area contributed by atoms with Crippen LogP contribution in [-0.2, 0) is 5.41 Å². The Bertz CT molecular complexity index is 8330. The monoisotopic (exact) mass is 1690 g/mol. The van der Waals surface area contributed by atoms with E-state index >= 15 is 0 Å². The molecule has 0 fully saturated rings. The molecule has 11 heteroatoms. The second-order valence-electron chi connectivity index (χ2n) is 34.1. The zero-order chi connectivity index (χ0) is 87.7. The molecule has 0 bridgehead atoms. The molecule has 11 nitrogen and oxygen atoms in total. The second-order valence-corrected chi connectivity index (χ2v) is 34.1. The minimum Gasteiger partial charge on any atom is -0.309 e. The van der Waals surface area contributed by atoms with Crippen molar-refractivity contribution in [2.45, 2.75) is 19.3 Å². The third-order valence-electron chi connectivity index (χ3n) is 25.8. The Kier molecular flexibility index (Phi) is 19.3. The number of aromatic nitrogens is 11. The number of hydrogen-bond acceptors (Lipinski definition) is 8. The molecule has 0 aliphatic heterocycles. The predicted molar refractivity (Wildman–Crippen MR) is 541 cm³/mol. The van der Waals surface area contributed by atoms with Crippen LogP contribution < -0.4 is 0 Å². The van der Waals surface area contributed by atoms with E-state index in [0.717, 1.165) is 145 Å². The first-order valence-corrected chi connectivity index (χ1v) is 44.7. The number of nitrogens with zero attached hydrogens (tertiary/aromatic N) is 11. The summed E-state index contributed by atoms with van der Waals surface area (Å²) in [4.78, 5) is 41.7. The van der Waals surface area contributed by atoms with E-state index in [1.54, 1.807) is 0 Å². The molecule has 0 atom stereocenters. The molecule has 0 radical (unpaired) electrons. The van der Waals surface area contributed by atoms with E-state index in [1.807, 2.05) is 140 Å². The van der Waals surface area contributed by atoms with Crippen LogP contribution in [0.15, 0.2) is 455 Å². The number of rotatable bonds is 15. The maximum atomic E-state index is 5.54. The van der Waals surface area contributed by atoms with Gasteiger partial charge < -0.3 is 13.7 Å². The van der Waals surface area contributed by atoms with Gasteiger partial charge in [-0.2, -0.15) is 0 Å². The van der Waals surface area contributed by atoms with Crippen molar-refractivity contribution in [3.63, 3.8) is 0 Å². The van der Waals surface area contributed by atoms with Gasteiger partial charge in [0.25, 0.3) is 0 Å². The Labute approximate surface area is 763 Å². The minimum absolute atomic E-state index is 0.131. The molecule has 132 heavy (non-hydrogen) atoms. The first kappa shape index (κ1) is 78.0. The number of benzene rings is 17. The van der Waals surface area contributed by atoms with E-state index < -0.39 is 0 Å². The Hall–Kier alpha value is -17.5. The molecule has 0 amide bonds. The van der Waals surface area contributed by atoms with E-state index in [1.165, 1.54) is 60.1 Å². The molecule has 620 valence electrons. The van der Waals surface area contributed by atoms with E-state index in [9.17, 15) is 0 Å². The van der Waals surface area contributed by atoms with Crippen LogP contribution in [-0.4, -0.2) is 53.6 Å². The largest absolute Gasteiger partial charge is 0.309 e. The summed E-state index contributed by atoms with van der Waals surface area (Å²) >= 11 is 0. The smallest absolute Gasteiger partial charge is 0.164 e. The average molecular weight is 1690 g/mol.